The molecule has 5 heteroatoms. The van der Waals surface area contributed by atoms with E-state index in [1.807, 2.05) is 11.8 Å². The van der Waals surface area contributed by atoms with Crippen LogP contribution >= 0.6 is 0 Å². The molecular formula is C16H20F2N2O. The first-order chi connectivity index (χ1) is 10.1. The van der Waals surface area contributed by atoms with E-state index in [4.69, 9.17) is 0 Å². The van der Waals surface area contributed by atoms with Gasteiger partial charge in [-0.2, -0.15) is 0 Å². The zero-order valence-electron chi connectivity index (χ0n) is 12.1. The van der Waals surface area contributed by atoms with Crippen molar-refractivity contribution in [2.75, 3.05) is 0 Å². The molecule has 1 aromatic carbocycles. The van der Waals surface area contributed by atoms with E-state index in [1.54, 1.807) is 6.07 Å². The van der Waals surface area contributed by atoms with Gasteiger partial charge in [0, 0.05) is 6.04 Å². The molecule has 2 aliphatic rings. The van der Waals surface area contributed by atoms with Crippen LogP contribution in [0.4, 0.5) is 8.78 Å². The van der Waals surface area contributed by atoms with E-state index >= 15 is 0 Å². The molecule has 1 aliphatic carbocycles. The minimum atomic E-state index is -0.868. The maximum atomic E-state index is 13.5. The van der Waals surface area contributed by atoms with E-state index in [1.165, 1.54) is 6.07 Å². The average molecular weight is 294 g/mol. The molecule has 2 atom stereocenters. The highest BCUT2D eigenvalue weighted by Gasteiger charge is 2.43. The summed E-state index contributed by atoms with van der Waals surface area (Å²) in [5.74, 6) is -1.64. The van der Waals surface area contributed by atoms with Crippen LogP contribution in [0.25, 0.3) is 0 Å². The Hall–Kier alpha value is -1.49. The molecule has 1 aliphatic heterocycles. The van der Waals surface area contributed by atoms with Crippen molar-refractivity contribution < 1.29 is 13.6 Å². The molecule has 2 unspecified atom stereocenters. The van der Waals surface area contributed by atoms with Gasteiger partial charge in [0.05, 0.1) is 6.04 Å². The number of hydrogen-bond acceptors (Lipinski definition) is 2. The van der Waals surface area contributed by atoms with Gasteiger partial charge in [0.15, 0.2) is 11.6 Å². The van der Waals surface area contributed by atoms with Crippen molar-refractivity contribution in [2.24, 2.45) is 0 Å². The standard InChI is InChI=1S/C16H20F2N2O/c1-2-14-16(21)20(11-5-3-4-6-11)15(19-14)10-7-8-12(17)13(18)9-10/h7-9,11,14-15,19H,2-6H2,1H3. The van der Waals surface area contributed by atoms with Gasteiger partial charge < -0.3 is 4.90 Å². The molecule has 21 heavy (non-hydrogen) atoms. The van der Waals surface area contributed by atoms with Crippen LogP contribution in [0.5, 0.6) is 0 Å². The molecule has 1 amide bonds. The molecule has 1 heterocycles. The Bertz CT molecular complexity index is 543. The van der Waals surface area contributed by atoms with Gasteiger partial charge in [-0.1, -0.05) is 25.8 Å². The number of benzene rings is 1. The fourth-order valence-corrected chi connectivity index (χ4v) is 3.45. The van der Waals surface area contributed by atoms with Crippen molar-refractivity contribution in [2.45, 2.75) is 57.3 Å². The third kappa shape index (κ3) is 2.55. The van der Waals surface area contributed by atoms with E-state index in [0.717, 1.165) is 31.7 Å². The zero-order valence-corrected chi connectivity index (χ0v) is 12.1. The summed E-state index contributed by atoms with van der Waals surface area (Å²) in [7, 11) is 0. The lowest BCUT2D eigenvalue weighted by molar-refractivity contribution is -0.132. The Morgan fingerprint density at radius 1 is 1.24 bits per heavy atom. The minimum absolute atomic E-state index is 0.0825. The number of nitrogens with one attached hydrogen (secondary N) is 1. The van der Waals surface area contributed by atoms with Gasteiger partial charge >= 0.3 is 0 Å². The second-order valence-corrected chi connectivity index (χ2v) is 5.89. The lowest BCUT2D eigenvalue weighted by atomic mass is 10.1. The summed E-state index contributed by atoms with van der Waals surface area (Å²) >= 11 is 0. The van der Waals surface area contributed by atoms with Crippen molar-refractivity contribution in [3.8, 4) is 0 Å². The number of halogens is 2. The molecule has 1 aromatic rings. The number of amides is 1. The molecule has 0 bridgehead atoms. The van der Waals surface area contributed by atoms with Crippen LogP contribution in [-0.4, -0.2) is 22.9 Å². The van der Waals surface area contributed by atoms with E-state index in [0.29, 0.717) is 12.0 Å². The number of carbonyl (C=O) groups is 1. The molecule has 0 radical (unpaired) electrons. The largest absolute Gasteiger partial charge is 0.319 e. The van der Waals surface area contributed by atoms with E-state index in [-0.39, 0.29) is 24.2 Å². The van der Waals surface area contributed by atoms with Crippen LogP contribution < -0.4 is 5.32 Å². The second kappa shape index (κ2) is 5.72. The summed E-state index contributed by atoms with van der Waals surface area (Å²) in [6.07, 6.45) is 4.57. The number of rotatable bonds is 3. The summed E-state index contributed by atoms with van der Waals surface area (Å²) in [5, 5.41) is 3.27. The highest BCUT2D eigenvalue weighted by atomic mass is 19.2. The first-order valence-electron chi connectivity index (χ1n) is 7.65. The first-order valence-corrected chi connectivity index (χ1v) is 7.65. The quantitative estimate of drug-likeness (QED) is 0.929. The summed E-state index contributed by atoms with van der Waals surface area (Å²) in [6.45, 7) is 1.95. The predicted molar refractivity (Wildman–Crippen MR) is 75.4 cm³/mol. The maximum absolute atomic E-state index is 13.5. The van der Waals surface area contributed by atoms with Gasteiger partial charge in [0.1, 0.15) is 6.17 Å². The maximum Gasteiger partial charge on any atom is 0.241 e. The Labute approximate surface area is 123 Å². The number of nitrogens with zero attached hydrogens (tertiary/aromatic N) is 1. The Kier molecular flexibility index (Phi) is 3.93. The van der Waals surface area contributed by atoms with Gasteiger partial charge in [0.25, 0.3) is 0 Å². The van der Waals surface area contributed by atoms with Crippen LogP contribution in [0.3, 0.4) is 0 Å². The first kappa shape index (κ1) is 14.4. The van der Waals surface area contributed by atoms with Crippen LogP contribution in [0.15, 0.2) is 18.2 Å². The molecule has 0 aromatic heterocycles. The minimum Gasteiger partial charge on any atom is -0.319 e. The highest BCUT2D eigenvalue weighted by Crippen LogP contribution is 2.35. The lowest BCUT2D eigenvalue weighted by Gasteiger charge is -2.30. The lowest BCUT2D eigenvalue weighted by Crippen LogP contribution is -2.38. The number of carbonyl (C=O) groups excluding carboxylic acids is 1. The Morgan fingerprint density at radius 2 is 1.95 bits per heavy atom. The van der Waals surface area contributed by atoms with E-state index in [2.05, 4.69) is 5.32 Å². The SMILES string of the molecule is CCC1NC(c2ccc(F)c(F)c2)N(C2CCCC2)C1=O. The van der Waals surface area contributed by atoms with Crippen molar-refractivity contribution in [1.29, 1.82) is 0 Å². The zero-order chi connectivity index (χ0) is 15.0. The van der Waals surface area contributed by atoms with Gasteiger partial charge in [-0.05, 0) is 37.0 Å². The van der Waals surface area contributed by atoms with E-state index in [9.17, 15) is 13.6 Å². The monoisotopic (exact) mass is 294 g/mol. The summed E-state index contributed by atoms with van der Waals surface area (Å²) in [5.41, 5.74) is 0.616. The van der Waals surface area contributed by atoms with Gasteiger partial charge in [-0.3, -0.25) is 10.1 Å². The van der Waals surface area contributed by atoms with Crippen molar-refractivity contribution in [3.05, 3.63) is 35.4 Å². The molecular weight excluding hydrogens is 274 g/mol. The molecule has 0 spiro atoms. The molecule has 1 N–H and O–H groups in total. The Morgan fingerprint density at radius 3 is 2.57 bits per heavy atom. The summed E-state index contributed by atoms with van der Waals surface area (Å²) in [6, 6.07) is 3.86. The fourth-order valence-electron chi connectivity index (χ4n) is 3.45. The van der Waals surface area contributed by atoms with E-state index < -0.39 is 11.6 Å². The number of hydrogen-bond donors (Lipinski definition) is 1. The molecule has 3 rings (SSSR count). The third-order valence-corrected chi connectivity index (χ3v) is 4.58. The average Bonchev–Trinajstić information content (AvgIpc) is 3.09. The van der Waals surface area contributed by atoms with Crippen molar-refractivity contribution in [3.63, 3.8) is 0 Å². The smallest absolute Gasteiger partial charge is 0.241 e. The van der Waals surface area contributed by atoms with Gasteiger partial charge in [0.2, 0.25) is 5.91 Å². The Balaban J connectivity index is 1.93. The fraction of sp³-hybridized carbons (Fsp3) is 0.562. The molecule has 1 saturated carbocycles. The molecule has 114 valence electrons. The highest BCUT2D eigenvalue weighted by molar-refractivity contribution is 5.84. The molecule has 3 nitrogen and oxygen atoms in total. The normalized spacial score (nSPS) is 26.8. The van der Waals surface area contributed by atoms with Crippen LogP contribution in [0, 0.1) is 11.6 Å². The van der Waals surface area contributed by atoms with Gasteiger partial charge in [-0.15, -0.1) is 0 Å². The van der Waals surface area contributed by atoms with Crippen LogP contribution in [0.2, 0.25) is 0 Å². The second-order valence-electron chi connectivity index (χ2n) is 5.89. The topological polar surface area (TPSA) is 32.3 Å². The predicted octanol–water partition coefficient (Wildman–Crippen LogP) is 3.12. The molecule has 2 fully saturated rings. The van der Waals surface area contributed by atoms with Gasteiger partial charge in [-0.25, -0.2) is 8.78 Å². The van der Waals surface area contributed by atoms with Crippen LogP contribution in [0.1, 0.15) is 50.8 Å². The van der Waals surface area contributed by atoms with Crippen molar-refractivity contribution in [1.82, 2.24) is 10.2 Å². The summed E-state index contributed by atoms with van der Waals surface area (Å²) in [4.78, 5) is 14.4. The van der Waals surface area contributed by atoms with Crippen LogP contribution in [-0.2, 0) is 4.79 Å². The van der Waals surface area contributed by atoms with Crippen molar-refractivity contribution >= 4 is 5.91 Å². The third-order valence-electron chi connectivity index (χ3n) is 4.58. The summed E-state index contributed by atoms with van der Waals surface area (Å²) < 4.78 is 26.6. The molecule has 1 saturated heterocycles.